The van der Waals surface area contributed by atoms with E-state index in [1.807, 2.05) is 6.07 Å². The summed E-state index contributed by atoms with van der Waals surface area (Å²) < 4.78 is 2.82. The first-order chi connectivity index (χ1) is 8.35. The van der Waals surface area contributed by atoms with E-state index in [0.29, 0.717) is 5.92 Å². The molecule has 2 heteroatoms. The summed E-state index contributed by atoms with van der Waals surface area (Å²) in [7, 11) is 0. The monoisotopic (exact) mass is 336 g/mol. The van der Waals surface area contributed by atoms with Crippen LogP contribution in [0.3, 0.4) is 0 Å². The summed E-state index contributed by atoms with van der Waals surface area (Å²) in [6.07, 6.45) is 6.35. The van der Waals surface area contributed by atoms with E-state index >= 15 is 0 Å². The Labute approximate surface area is 113 Å². The van der Waals surface area contributed by atoms with E-state index in [0.717, 1.165) is 18.4 Å². The molecule has 0 fully saturated rings. The maximum atomic E-state index is 9.23. The lowest BCUT2D eigenvalue weighted by molar-refractivity contribution is -0.583. The Balaban J connectivity index is 2.27. The fraction of sp³-hybridized carbons (Fsp3) is 0.267. The minimum atomic E-state index is -0.182. The Morgan fingerprint density at radius 3 is 2.76 bits per heavy atom. The first-order valence-electron chi connectivity index (χ1n) is 5.84. The molecule has 17 heavy (non-hydrogen) atoms. The van der Waals surface area contributed by atoms with Gasteiger partial charge in [0.1, 0.15) is 0 Å². The van der Waals surface area contributed by atoms with Crippen molar-refractivity contribution in [1.82, 2.24) is 0 Å². The predicted octanol–water partition coefficient (Wildman–Crippen LogP) is 0.709. The highest BCUT2D eigenvalue weighted by atomic mass is 127. The molecule has 1 atom stereocenters. The topological polar surface area (TPSA) is 23.8 Å². The smallest absolute Gasteiger partial charge is 0.193 e. The molecule has 1 unspecified atom stereocenters. The minimum absolute atomic E-state index is 0.182. The van der Waals surface area contributed by atoms with Crippen LogP contribution in [0.2, 0.25) is 0 Å². The molecule has 1 aromatic rings. The number of rotatable bonds is 3. The summed E-state index contributed by atoms with van der Waals surface area (Å²) in [6, 6.07) is 13.0. The summed E-state index contributed by atoms with van der Waals surface area (Å²) in [5.74, 6) is 0.492. The van der Waals surface area contributed by atoms with Crippen LogP contribution in [0.15, 0.2) is 51.6 Å². The molecule has 0 spiro atoms. The fourth-order valence-electron chi connectivity index (χ4n) is 1.89. The van der Waals surface area contributed by atoms with Gasteiger partial charge < -0.3 is 0 Å². The molecular weight excluding hydrogens is 321 g/mol. The molecular formula is C15H15IN+. The number of allylic oxidation sites excluding steroid dienone is 4. The SMILES string of the molecule is CCC1C=CCC(C#N)=C1[I+]c1ccccc1. The summed E-state index contributed by atoms with van der Waals surface area (Å²) in [6.45, 7) is 2.20. The van der Waals surface area contributed by atoms with Crippen molar-refractivity contribution < 1.29 is 21.2 Å². The highest BCUT2D eigenvalue weighted by Crippen LogP contribution is 2.21. The highest BCUT2D eigenvalue weighted by Gasteiger charge is 2.31. The Morgan fingerprint density at radius 1 is 1.35 bits per heavy atom. The third kappa shape index (κ3) is 2.98. The normalized spacial score (nSPS) is 19.2. The molecule has 0 amide bonds. The van der Waals surface area contributed by atoms with Gasteiger partial charge in [-0.25, -0.2) is 0 Å². The molecule has 1 nitrogen and oxygen atoms in total. The van der Waals surface area contributed by atoms with Crippen LogP contribution in [0.4, 0.5) is 0 Å². The van der Waals surface area contributed by atoms with Gasteiger partial charge in [0.05, 0.1) is 11.6 Å². The Kier molecular flexibility index (Phi) is 4.38. The Bertz CT molecular complexity index is 479. The molecule has 0 N–H and O–H groups in total. The molecule has 0 radical (unpaired) electrons. The average Bonchev–Trinajstić information content (AvgIpc) is 2.40. The van der Waals surface area contributed by atoms with E-state index in [4.69, 9.17) is 0 Å². The number of halogens is 1. The third-order valence-corrected chi connectivity index (χ3v) is 6.20. The lowest BCUT2D eigenvalue weighted by atomic mass is 9.96. The Morgan fingerprint density at radius 2 is 2.12 bits per heavy atom. The van der Waals surface area contributed by atoms with Crippen LogP contribution in [0.5, 0.6) is 0 Å². The van der Waals surface area contributed by atoms with Gasteiger partial charge in [-0.05, 0) is 18.6 Å². The van der Waals surface area contributed by atoms with Crippen LogP contribution < -0.4 is 21.2 Å². The van der Waals surface area contributed by atoms with Crippen LogP contribution in [0.1, 0.15) is 19.8 Å². The first-order valence-corrected chi connectivity index (χ1v) is 8.00. The largest absolute Gasteiger partial charge is 0.354 e. The summed E-state index contributed by atoms with van der Waals surface area (Å²) in [5, 5.41) is 9.23. The number of nitriles is 1. The molecule has 0 saturated heterocycles. The van der Waals surface area contributed by atoms with Crippen molar-refractivity contribution in [3.63, 3.8) is 0 Å². The molecule has 0 saturated carbocycles. The van der Waals surface area contributed by atoms with E-state index in [1.54, 1.807) is 0 Å². The molecule has 0 bridgehead atoms. The van der Waals surface area contributed by atoms with E-state index in [1.165, 1.54) is 7.15 Å². The van der Waals surface area contributed by atoms with Gasteiger partial charge in [-0.1, -0.05) is 37.3 Å². The summed E-state index contributed by atoms with van der Waals surface area (Å²) in [4.78, 5) is 0. The fourth-order valence-corrected chi connectivity index (χ4v) is 5.05. The van der Waals surface area contributed by atoms with Gasteiger partial charge in [0, 0.05) is 12.3 Å². The predicted molar refractivity (Wildman–Crippen MR) is 65.3 cm³/mol. The third-order valence-electron chi connectivity index (χ3n) is 2.82. The van der Waals surface area contributed by atoms with E-state index in [2.05, 4.69) is 49.4 Å². The van der Waals surface area contributed by atoms with Crippen LogP contribution in [-0.2, 0) is 0 Å². The van der Waals surface area contributed by atoms with Gasteiger partial charge in [-0.15, -0.1) is 0 Å². The molecule has 0 aromatic heterocycles. The second-order valence-electron chi connectivity index (χ2n) is 3.98. The van der Waals surface area contributed by atoms with Gasteiger partial charge >= 0.3 is 21.2 Å². The van der Waals surface area contributed by atoms with Gasteiger partial charge in [0.15, 0.2) is 7.15 Å². The van der Waals surface area contributed by atoms with Crippen LogP contribution in [0, 0.1) is 20.8 Å². The minimum Gasteiger partial charge on any atom is -0.193 e. The average molecular weight is 336 g/mol. The molecule has 0 heterocycles. The first kappa shape index (κ1) is 12.4. The number of hydrogen-bond acceptors (Lipinski definition) is 1. The van der Waals surface area contributed by atoms with E-state index < -0.39 is 0 Å². The van der Waals surface area contributed by atoms with Crippen molar-refractivity contribution >= 4 is 0 Å². The van der Waals surface area contributed by atoms with Crippen LogP contribution >= 0.6 is 0 Å². The van der Waals surface area contributed by atoms with Crippen LogP contribution in [-0.4, -0.2) is 0 Å². The number of nitrogens with zero attached hydrogens (tertiary/aromatic N) is 1. The van der Waals surface area contributed by atoms with Crippen molar-refractivity contribution in [2.75, 3.05) is 0 Å². The summed E-state index contributed by atoms with van der Waals surface area (Å²) in [5.41, 5.74) is 1.01. The quantitative estimate of drug-likeness (QED) is 0.589. The zero-order chi connectivity index (χ0) is 12.1. The Hall–Kier alpha value is -1.08. The molecule has 1 aromatic carbocycles. The van der Waals surface area contributed by atoms with E-state index in [-0.39, 0.29) is 21.2 Å². The second kappa shape index (κ2) is 6.02. The van der Waals surface area contributed by atoms with Crippen LogP contribution in [0.25, 0.3) is 0 Å². The van der Waals surface area contributed by atoms with Crippen molar-refractivity contribution in [3.05, 3.63) is 55.2 Å². The molecule has 1 aliphatic carbocycles. The zero-order valence-corrected chi connectivity index (χ0v) is 12.0. The number of benzene rings is 1. The second-order valence-corrected chi connectivity index (χ2v) is 6.92. The van der Waals surface area contributed by atoms with E-state index in [9.17, 15) is 5.26 Å². The maximum Gasteiger partial charge on any atom is 0.354 e. The van der Waals surface area contributed by atoms with Gasteiger partial charge in [-0.3, -0.25) is 0 Å². The highest BCUT2D eigenvalue weighted by molar-refractivity contribution is 5.32. The summed E-state index contributed by atoms with van der Waals surface area (Å²) >= 11 is -0.182. The maximum absolute atomic E-state index is 9.23. The van der Waals surface area contributed by atoms with Crippen molar-refractivity contribution in [1.29, 1.82) is 5.26 Å². The lowest BCUT2D eigenvalue weighted by Crippen LogP contribution is -3.61. The van der Waals surface area contributed by atoms with Gasteiger partial charge in [0.25, 0.3) is 0 Å². The number of hydrogen-bond donors (Lipinski definition) is 0. The lowest BCUT2D eigenvalue weighted by Gasteiger charge is -2.11. The van der Waals surface area contributed by atoms with Crippen molar-refractivity contribution in [2.45, 2.75) is 19.8 Å². The molecule has 86 valence electrons. The van der Waals surface area contributed by atoms with Crippen molar-refractivity contribution in [2.24, 2.45) is 5.92 Å². The standard InChI is InChI=1S/C15H15IN/c1-2-12-7-6-8-13(11-17)15(12)16-14-9-4-3-5-10-14/h3-7,9-10,12H,2,8H2,1H3/q+1. The molecule has 0 aliphatic heterocycles. The molecule has 2 rings (SSSR count). The zero-order valence-electron chi connectivity index (χ0n) is 9.86. The van der Waals surface area contributed by atoms with Gasteiger partial charge in [-0.2, -0.15) is 5.26 Å². The van der Waals surface area contributed by atoms with Gasteiger partial charge in [0.2, 0.25) is 0 Å². The van der Waals surface area contributed by atoms with Crippen molar-refractivity contribution in [3.8, 4) is 6.07 Å². The molecule has 1 aliphatic rings.